The summed E-state index contributed by atoms with van der Waals surface area (Å²) >= 11 is 2.51. The minimum absolute atomic E-state index is 0.0314. The summed E-state index contributed by atoms with van der Waals surface area (Å²) in [6.07, 6.45) is 1.51. The normalized spacial score (nSPS) is 10.9. The maximum Gasteiger partial charge on any atom is 0.341 e. The van der Waals surface area contributed by atoms with Crippen LogP contribution in [0.3, 0.4) is 0 Å². The molecule has 0 saturated carbocycles. The first kappa shape index (κ1) is 36.4. The van der Waals surface area contributed by atoms with Gasteiger partial charge >= 0.3 is 5.97 Å². The van der Waals surface area contributed by atoms with Crippen molar-refractivity contribution >= 4 is 63.6 Å². The Hall–Kier alpha value is -5.85. The first-order chi connectivity index (χ1) is 24.8. The number of thioether (sulfide) groups is 1. The quantitative estimate of drug-likeness (QED) is 0.0603. The molecule has 0 spiro atoms. The number of carbonyl (C=O) groups is 4. The standard InChI is InChI=1S/C39H35N3O7S2/c1-4-49-39(46)34-30(25-13-7-5-8-14-25)23-51-38(34)42-33(43)24-50-29-19-12-18-28(22-29)40-37(45)31(41-36(44)26-15-9-6-10-16-26)21-27-17-11-20-32(47-2)35(27)48-3/h5-23H,4,24H2,1-3H3,(H,40,45)(H,41,44)(H,42,43)/b31-21+. The van der Waals surface area contributed by atoms with E-state index in [4.69, 9.17) is 14.2 Å². The minimum atomic E-state index is -0.581. The Morgan fingerprint density at radius 1 is 0.824 bits per heavy atom. The van der Waals surface area contributed by atoms with Gasteiger partial charge in [0, 0.05) is 32.7 Å². The lowest BCUT2D eigenvalue weighted by Gasteiger charge is -2.14. The van der Waals surface area contributed by atoms with E-state index in [1.165, 1.54) is 43.4 Å². The number of para-hydroxylation sites is 1. The summed E-state index contributed by atoms with van der Waals surface area (Å²) in [4.78, 5) is 53.5. The van der Waals surface area contributed by atoms with Crippen molar-refractivity contribution in [2.75, 3.05) is 37.2 Å². The average Bonchev–Trinajstić information content (AvgIpc) is 3.57. The van der Waals surface area contributed by atoms with Crippen LogP contribution in [0.5, 0.6) is 11.5 Å². The molecule has 12 heteroatoms. The number of thiophene rings is 1. The van der Waals surface area contributed by atoms with Gasteiger partial charge < -0.3 is 30.2 Å². The molecule has 10 nitrogen and oxygen atoms in total. The topological polar surface area (TPSA) is 132 Å². The van der Waals surface area contributed by atoms with Crippen molar-refractivity contribution in [3.8, 4) is 22.6 Å². The van der Waals surface area contributed by atoms with Gasteiger partial charge in [-0.1, -0.05) is 66.7 Å². The van der Waals surface area contributed by atoms with Gasteiger partial charge in [-0.3, -0.25) is 14.4 Å². The molecule has 1 heterocycles. The third kappa shape index (κ3) is 9.44. The van der Waals surface area contributed by atoms with Gasteiger partial charge in [-0.2, -0.15) is 0 Å². The molecule has 0 saturated heterocycles. The van der Waals surface area contributed by atoms with Gasteiger partial charge in [-0.05, 0) is 55.0 Å². The molecule has 260 valence electrons. The maximum atomic E-state index is 13.7. The number of carbonyl (C=O) groups excluding carboxylic acids is 4. The number of hydrogen-bond acceptors (Lipinski definition) is 9. The summed E-state index contributed by atoms with van der Waals surface area (Å²) in [7, 11) is 3.00. The highest BCUT2D eigenvalue weighted by atomic mass is 32.2. The summed E-state index contributed by atoms with van der Waals surface area (Å²) in [6.45, 7) is 1.93. The SMILES string of the molecule is CCOC(=O)c1c(-c2ccccc2)csc1NC(=O)CSc1cccc(NC(=O)/C(=C\c2cccc(OC)c2OC)NC(=O)c2ccccc2)c1. The zero-order chi connectivity index (χ0) is 36.2. The average molecular weight is 722 g/mol. The van der Waals surface area contributed by atoms with Crippen LogP contribution in [0.2, 0.25) is 0 Å². The van der Waals surface area contributed by atoms with Crippen molar-refractivity contribution in [2.45, 2.75) is 11.8 Å². The van der Waals surface area contributed by atoms with Gasteiger partial charge in [-0.25, -0.2) is 4.79 Å². The molecule has 5 rings (SSSR count). The third-order valence-corrected chi connectivity index (χ3v) is 9.22. The molecule has 0 aliphatic rings. The highest BCUT2D eigenvalue weighted by Gasteiger charge is 2.23. The van der Waals surface area contributed by atoms with Gasteiger partial charge in [-0.15, -0.1) is 23.1 Å². The predicted molar refractivity (Wildman–Crippen MR) is 202 cm³/mol. The number of anilines is 2. The van der Waals surface area contributed by atoms with Crippen molar-refractivity contribution in [2.24, 2.45) is 0 Å². The van der Waals surface area contributed by atoms with E-state index in [2.05, 4.69) is 16.0 Å². The molecule has 4 aromatic carbocycles. The zero-order valence-electron chi connectivity index (χ0n) is 28.1. The Morgan fingerprint density at radius 3 is 2.25 bits per heavy atom. The van der Waals surface area contributed by atoms with Crippen molar-refractivity contribution in [3.63, 3.8) is 0 Å². The van der Waals surface area contributed by atoms with Gasteiger partial charge in [0.15, 0.2) is 11.5 Å². The molecule has 3 amide bonds. The molecule has 1 aromatic heterocycles. The third-order valence-electron chi connectivity index (χ3n) is 7.33. The number of hydrogen-bond donors (Lipinski definition) is 3. The Bertz CT molecular complexity index is 2050. The van der Waals surface area contributed by atoms with Crippen LogP contribution in [0.1, 0.15) is 33.2 Å². The van der Waals surface area contributed by atoms with E-state index in [9.17, 15) is 19.2 Å². The Kier molecular flexibility index (Phi) is 12.6. The van der Waals surface area contributed by atoms with E-state index >= 15 is 0 Å². The van der Waals surface area contributed by atoms with Gasteiger partial charge in [0.1, 0.15) is 16.3 Å². The monoisotopic (exact) mass is 721 g/mol. The molecule has 0 atom stereocenters. The van der Waals surface area contributed by atoms with Crippen molar-refractivity contribution < 1.29 is 33.4 Å². The van der Waals surface area contributed by atoms with E-state index in [1.807, 2.05) is 41.8 Å². The molecule has 0 aliphatic carbocycles. The van der Waals surface area contributed by atoms with Crippen LogP contribution < -0.4 is 25.4 Å². The second kappa shape index (κ2) is 17.7. The molecule has 0 unspecified atom stereocenters. The number of rotatable bonds is 14. The van der Waals surface area contributed by atoms with Gasteiger partial charge in [0.05, 0.1) is 26.6 Å². The van der Waals surface area contributed by atoms with Crippen LogP contribution in [0.15, 0.2) is 119 Å². The number of nitrogens with one attached hydrogen (secondary N) is 3. The Balaban J connectivity index is 1.31. The maximum absolute atomic E-state index is 13.7. The minimum Gasteiger partial charge on any atom is -0.493 e. The number of esters is 1. The summed E-state index contributed by atoms with van der Waals surface area (Å²) in [6, 6.07) is 30.2. The van der Waals surface area contributed by atoms with Crippen LogP contribution in [-0.4, -0.2) is 50.3 Å². The highest BCUT2D eigenvalue weighted by Crippen LogP contribution is 2.37. The van der Waals surface area contributed by atoms with Gasteiger partial charge in [0.25, 0.3) is 11.8 Å². The van der Waals surface area contributed by atoms with Crippen molar-refractivity contribution in [3.05, 3.63) is 131 Å². The number of methoxy groups -OCH3 is 2. The summed E-state index contributed by atoms with van der Waals surface area (Å²) < 4.78 is 16.2. The lowest BCUT2D eigenvalue weighted by Crippen LogP contribution is -2.30. The molecule has 0 fully saturated rings. The van der Waals surface area contributed by atoms with Crippen LogP contribution in [0.25, 0.3) is 17.2 Å². The number of ether oxygens (including phenoxy) is 3. The fourth-order valence-corrected chi connectivity index (χ4v) is 6.71. The molecule has 5 aromatic rings. The van der Waals surface area contributed by atoms with Crippen molar-refractivity contribution in [1.82, 2.24) is 5.32 Å². The highest BCUT2D eigenvalue weighted by molar-refractivity contribution is 8.00. The largest absolute Gasteiger partial charge is 0.493 e. The van der Waals surface area contributed by atoms with E-state index < -0.39 is 17.8 Å². The lowest BCUT2D eigenvalue weighted by molar-refractivity contribution is -0.114. The molecule has 51 heavy (non-hydrogen) atoms. The van der Waals surface area contributed by atoms with Crippen LogP contribution >= 0.6 is 23.1 Å². The summed E-state index contributed by atoms with van der Waals surface area (Å²) in [5, 5.41) is 10.7. The molecular formula is C39H35N3O7S2. The second-order valence-corrected chi connectivity index (χ2v) is 12.6. The Morgan fingerprint density at radius 2 is 1.55 bits per heavy atom. The van der Waals surface area contributed by atoms with Crippen LogP contribution in [0, 0.1) is 0 Å². The Labute approximate surface area is 303 Å². The number of amides is 3. The molecule has 0 radical (unpaired) electrons. The van der Waals surface area contributed by atoms with Crippen LogP contribution in [0.4, 0.5) is 10.7 Å². The van der Waals surface area contributed by atoms with E-state index in [1.54, 1.807) is 73.7 Å². The van der Waals surface area contributed by atoms with E-state index in [0.717, 1.165) is 5.56 Å². The van der Waals surface area contributed by atoms with Gasteiger partial charge in [0.2, 0.25) is 5.91 Å². The second-order valence-electron chi connectivity index (χ2n) is 10.7. The van der Waals surface area contributed by atoms with Crippen LogP contribution in [-0.2, 0) is 14.3 Å². The first-order valence-electron chi connectivity index (χ1n) is 15.8. The molecule has 0 bridgehead atoms. The predicted octanol–water partition coefficient (Wildman–Crippen LogP) is 7.75. The fraction of sp³-hybridized carbons (Fsp3) is 0.128. The zero-order valence-corrected chi connectivity index (χ0v) is 29.7. The van der Waals surface area contributed by atoms with E-state index in [-0.39, 0.29) is 24.0 Å². The first-order valence-corrected chi connectivity index (χ1v) is 17.6. The molecule has 3 N–H and O–H groups in total. The lowest BCUT2D eigenvalue weighted by atomic mass is 10.0. The van der Waals surface area contributed by atoms with E-state index in [0.29, 0.717) is 49.3 Å². The smallest absolute Gasteiger partial charge is 0.341 e. The summed E-state index contributed by atoms with van der Waals surface area (Å²) in [5.74, 6) is -0.994. The summed E-state index contributed by atoms with van der Waals surface area (Å²) in [5.41, 5.74) is 3.13. The molecule has 0 aliphatic heterocycles. The van der Waals surface area contributed by atoms with Crippen molar-refractivity contribution in [1.29, 1.82) is 0 Å². The number of benzene rings is 4. The molecular weight excluding hydrogens is 687 g/mol. The fourth-order valence-electron chi connectivity index (χ4n) is 4.98.